The molecule has 0 unspecified atom stereocenters. The zero-order chi connectivity index (χ0) is 20.3. The predicted octanol–water partition coefficient (Wildman–Crippen LogP) is 4.34. The normalized spacial score (nSPS) is 14.1. The summed E-state index contributed by atoms with van der Waals surface area (Å²) in [6.45, 7) is 1.40. The molecule has 8 heteroatoms. The van der Waals surface area contributed by atoms with E-state index in [1.54, 1.807) is 12.1 Å². The lowest BCUT2D eigenvalue weighted by atomic mass is 10.1. The Kier molecular flexibility index (Phi) is 5.58. The monoisotopic (exact) mass is 392 g/mol. The van der Waals surface area contributed by atoms with Crippen LogP contribution in [0.5, 0.6) is 0 Å². The summed E-state index contributed by atoms with van der Waals surface area (Å²) in [5, 5.41) is 2.55. The van der Waals surface area contributed by atoms with Crippen LogP contribution in [0, 0.1) is 0 Å². The average molecular weight is 392 g/mol. The summed E-state index contributed by atoms with van der Waals surface area (Å²) in [7, 11) is 1.19. The van der Waals surface area contributed by atoms with Crippen molar-refractivity contribution in [3.63, 3.8) is 0 Å². The van der Waals surface area contributed by atoms with E-state index in [0.29, 0.717) is 18.8 Å². The summed E-state index contributed by atoms with van der Waals surface area (Å²) >= 11 is 0. The van der Waals surface area contributed by atoms with Gasteiger partial charge in [0.2, 0.25) is 0 Å². The van der Waals surface area contributed by atoms with E-state index in [2.05, 4.69) is 10.1 Å². The number of hydrogen-bond donors (Lipinski definition) is 1. The van der Waals surface area contributed by atoms with Gasteiger partial charge in [0, 0.05) is 13.1 Å². The highest BCUT2D eigenvalue weighted by Gasteiger charge is 2.32. The van der Waals surface area contributed by atoms with Crippen LogP contribution in [0.15, 0.2) is 42.5 Å². The molecule has 0 bridgehead atoms. The van der Waals surface area contributed by atoms with Crippen molar-refractivity contribution in [1.29, 1.82) is 0 Å². The minimum Gasteiger partial charge on any atom is -0.465 e. The number of hydrogen-bond acceptors (Lipinski definition) is 4. The third-order valence-electron chi connectivity index (χ3n) is 4.60. The van der Waals surface area contributed by atoms with Crippen molar-refractivity contribution in [3.05, 3.63) is 59.2 Å². The molecule has 1 saturated heterocycles. The second kappa shape index (κ2) is 7.92. The van der Waals surface area contributed by atoms with E-state index in [1.165, 1.54) is 25.3 Å². The minimum absolute atomic E-state index is 0.0270. The second-order valence-electron chi connectivity index (χ2n) is 6.42. The van der Waals surface area contributed by atoms with Crippen LogP contribution < -0.4 is 10.2 Å². The van der Waals surface area contributed by atoms with Crippen LogP contribution in [0.2, 0.25) is 0 Å². The first-order valence-electron chi connectivity index (χ1n) is 8.76. The zero-order valence-corrected chi connectivity index (χ0v) is 15.2. The summed E-state index contributed by atoms with van der Waals surface area (Å²) in [5.74, 6) is -1.38. The van der Waals surface area contributed by atoms with Crippen molar-refractivity contribution >= 4 is 23.3 Å². The molecule has 0 saturated carbocycles. The molecule has 3 rings (SSSR count). The molecule has 2 aromatic rings. The van der Waals surface area contributed by atoms with Gasteiger partial charge in [-0.2, -0.15) is 13.2 Å². The van der Waals surface area contributed by atoms with Gasteiger partial charge in [-0.25, -0.2) is 4.79 Å². The van der Waals surface area contributed by atoms with Gasteiger partial charge in [-0.1, -0.05) is 12.1 Å². The molecule has 1 amide bonds. The number of ether oxygens (including phenoxy) is 1. The number of benzene rings is 2. The lowest BCUT2D eigenvalue weighted by Crippen LogP contribution is -2.23. The molecule has 0 aromatic heterocycles. The maximum atomic E-state index is 13.2. The van der Waals surface area contributed by atoms with Crippen LogP contribution in [-0.4, -0.2) is 32.1 Å². The van der Waals surface area contributed by atoms with Crippen molar-refractivity contribution in [1.82, 2.24) is 0 Å². The van der Waals surface area contributed by atoms with Gasteiger partial charge < -0.3 is 15.0 Å². The molecule has 1 aliphatic heterocycles. The Bertz CT molecular complexity index is 891. The number of halogens is 3. The van der Waals surface area contributed by atoms with Crippen molar-refractivity contribution in [2.75, 3.05) is 30.4 Å². The molecule has 0 atom stereocenters. The summed E-state index contributed by atoms with van der Waals surface area (Å²) in [4.78, 5) is 26.6. The predicted molar refractivity (Wildman–Crippen MR) is 98.6 cm³/mol. The number of methoxy groups -OCH3 is 1. The highest BCUT2D eigenvalue weighted by atomic mass is 19.4. The van der Waals surface area contributed by atoms with Crippen molar-refractivity contribution in [2.45, 2.75) is 19.0 Å². The molecule has 5 nitrogen and oxygen atoms in total. The fraction of sp³-hybridized carbons (Fsp3) is 0.300. The van der Waals surface area contributed by atoms with Gasteiger partial charge in [0.25, 0.3) is 5.91 Å². The molecule has 1 aliphatic rings. The van der Waals surface area contributed by atoms with E-state index in [0.717, 1.165) is 25.0 Å². The van der Waals surface area contributed by atoms with E-state index in [4.69, 9.17) is 0 Å². The fourth-order valence-electron chi connectivity index (χ4n) is 3.20. The molecule has 0 aliphatic carbocycles. The average Bonchev–Trinajstić information content (AvgIpc) is 3.21. The lowest BCUT2D eigenvalue weighted by molar-refractivity contribution is -0.137. The zero-order valence-electron chi connectivity index (χ0n) is 15.2. The Morgan fingerprint density at radius 2 is 1.68 bits per heavy atom. The number of nitrogens with zero attached hydrogens (tertiary/aromatic N) is 1. The van der Waals surface area contributed by atoms with Crippen molar-refractivity contribution in [2.24, 2.45) is 0 Å². The first-order chi connectivity index (χ1) is 13.3. The number of rotatable bonds is 4. The molecule has 2 aromatic carbocycles. The van der Waals surface area contributed by atoms with E-state index in [1.807, 2.05) is 4.90 Å². The Morgan fingerprint density at radius 3 is 2.29 bits per heavy atom. The first-order valence-corrected chi connectivity index (χ1v) is 8.76. The fourth-order valence-corrected chi connectivity index (χ4v) is 3.20. The number of esters is 1. The second-order valence-corrected chi connectivity index (χ2v) is 6.42. The van der Waals surface area contributed by atoms with Gasteiger partial charge in [-0.15, -0.1) is 0 Å². The van der Waals surface area contributed by atoms with E-state index >= 15 is 0 Å². The lowest BCUT2D eigenvalue weighted by Gasteiger charge is -2.23. The maximum absolute atomic E-state index is 13.2. The SMILES string of the molecule is COC(=O)c1ccccc1C(=O)Nc1cc(C(F)(F)F)ccc1N1CCCC1. The molecule has 148 valence electrons. The van der Waals surface area contributed by atoms with Crippen LogP contribution in [0.3, 0.4) is 0 Å². The Labute approximate surface area is 160 Å². The minimum atomic E-state index is -4.53. The third kappa shape index (κ3) is 4.11. The smallest absolute Gasteiger partial charge is 0.416 e. The summed E-state index contributed by atoms with van der Waals surface area (Å²) < 4.78 is 44.2. The topological polar surface area (TPSA) is 58.6 Å². The summed E-state index contributed by atoms with van der Waals surface area (Å²) in [6, 6.07) is 9.28. The molecule has 1 fully saturated rings. The maximum Gasteiger partial charge on any atom is 0.416 e. The van der Waals surface area contributed by atoms with Crippen LogP contribution in [0.25, 0.3) is 0 Å². The van der Waals surface area contributed by atoms with Crippen LogP contribution in [0.1, 0.15) is 39.1 Å². The molecule has 1 N–H and O–H groups in total. The molecule has 28 heavy (non-hydrogen) atoms. The quantitative estimate of drug-likeness (QED) is 0.787. The van der Waals surface area contributed by atoms with E-state index in [-0.39, 0.29) is 16.8 Å². The molecule has 1 heterocycles. The highest BCUT2D eigenvalue weighted by Crippen LogP contribution is 2.36. The highest BCUT2D eigenvalue weighted by molar-refractivity contribution is 6.12. The summed E-state index contributed by atoms with van der Waals surface area (Å²) in [6.07, 6.45) is -2.67. The van der Waals surface area contributed by atoms with Gasteiger partial charge in [-0.05, 0) is 43.2 Å². The molecule has 0 spiro atoms. The van der Waals surface area contributed by atoms with Crippen molar-refractivity contribution in [3.8, 4) is 0 Å². The van der Waals surface area contributed by atoms with Gasteiger partial charge in [-0.3, -0.25) is 4.79 Å². The number of alkyl halides is 3. The van der Waals surface area contributed by atoms with Gasteiger partial charge in [0.15, 0.2) is 0 Å². The molecule has 0 radical (unpaired) electrons. The van der Waals surface area contributed by atoms with Gasteiger partial charge in [0.1, 0.15) is 0 Å². The first kappa shape index (κ1) is 19.7. The number of amides is 1. The number of anilines is 2. The largest absolute Gasteiger partial charge is 0.465 e. The van der Waals surface area contributed by atoms with Gasteiger partial charge in [0.05, 0.1) is 35.2 Å². The van der Waals surface area contributed by atoms with Gasteiger partial charge >= 0.3 is 12.1 Å². The number of nitrogens with one attached hydrogen (secondary N) is 1. The van der Waals surface area contributed by atoms with Crippen LogP contribution in [0.4, 0.5) is 24.5 Å². The Balaban J connectivity index is 1.98. The third-order valence-corrected chi connectivity index (χ3v) is 4.60. The van der Waals surface area contributed by atoms with Crippen molar-refractivity contribution < 1.29 is 27.5 Å². The Morgan fingerprint density at radius 1 is 1.04 bits per heavy atom. The Hall–Kier alpha value is -3.03. The van der Waals surface area contributed by atoms with Crippen LogP contribution >= 0.6 is 0 Å². The number of carbonyl (C=O) groups excluding carboxylic acids is 2. The molecular weight excluding hydrogens is 373 g/mol. The summed E-state index contributed by atoms with van der Waals surface area (Å²) in [5.41, 5.74) is -0.209. The molecular formula is C20H19F3N2O3. The van der Waals surface area contributed by atoms with E-state index < -0.39 is 23.6 Å². The van der Waals surface area contributed by atoms with Crippen LogP contribution in [-0.2, 0) is 10.9 Å². The van der Waals surface area contributed by atoms with E-state index in [9.17, 15) is 22.8 Å². The number of carbonyl (C=O) groups is 2. The standard InChI is InChI=1S/C20H19F3N2O3/c1-28-19(27)15-7-3-2-6-14(15)18(26)24-16-12-13(20(21,22)23)8-9-17(16)25-10-4-5-11-25/h2-3,6-9,12H,4-5,10-11H2,1H3,(H,24,26).